The lowest BCUT2D eigenvalue weighted by Crippen LogP contribution is -1.98. The Labute approximate surface area is 72.4 Å². The summed E-state index contributed by atoms with van der Waals surface area (Å²) in [6, 6.07) is 9.87. The molecule has 2 heteroatoms. The minimum absolute atomic E-state index is 0.344. The highest BCUT2D eigenvalue weighted by Gasteiger charge is 1.93. The van der Waals surface area contributed by atoms with E-state index in [1.165, 1.54) is 0 Å². The summed E-state index contributed by atoms with van der Waals surface area (Å²) < 4.78 is 0. The Bertz CT molecular complexity index is 299. The molecule has 2 N–H and O–H groups in total. The second-order valence-corrected chi connectivity index (χ2v) is 2.55. The minimum Gasteiger partial charge on any atom is -0.384 e. The Balaban J connectivity index is 2.93. The van der Waals surface area contributed by atoms with Crippen molar-refractivity contribution in [3.63, 3.8) is 0 Å². The maximum Gasteiger partial charge on any atom is 0.116 e. The fraction of sp³-hybridized carbons (Fsp3) is 0.100. The maximum atomic E-state index is 5.35. The third-order valence-electron chi connectivity index (χ3n) is 1.50. The van der Waals surface area contributed by atoms with Gasteiger partial charge in [0.15, 0.2) is 0 Å². The van der Waals surface area contributed by atoms with Crippen LogP contribution in [0.2, 0.25) is 0 Å². The number of benzene rings is 1. The van der Waals surface area contributed by atoms with Crippen molar-refractivity contribution >= 4 is 5.71 Å². The molecule has 12 heavy (non-hydrogen) atoms. The zero-order valence-corrected chi connectivity index (χ0v) is 7.12. The molecule has 0 bridgehead atoms. The van der Waals surface area contributed by atoms with E-state index < -0.39 is 0 Å². The van der Waals surface area contributed by atoms with Crippen LogP contribution >= 0.6 is 0 Å². The van der Waals surface area contributed by atoms with Gasteiger partial charge in [0, 0.05) is 5.71 Å². The van der Waals surface area contributed by atoms with Crippen molar-refractivity contribution in [3.05, 3.63) is 48.3 Å². The largest absolute Gasteiger partial charge is 0.384 e. The average molecular weight is 160 g/mol. The molecule has 0 heterocycles. The number of nitrogens with two attached hydrogens (primary N) is 1. The summed E-state index contributed by atoms with van der Waals surface area (Å²) >= 11 is 0. The van der Waals surface area contributed by atoms with Gasteiger partial charge in [-0.1, -0.05) is 36.9 Å². The first-order chi connectivity index (χ1) is 5.70. The van der Waals surface area contributed by atoms with E-state index in [1.807, 2.05) is 37.3 Å². The molecule has 0 amide bonds. The van der Waals surface area contributed by atoms with E-state index in [-0.39, 0.29) is 0 Å². The first-order valence-electron chi connectivity index (χ1n) is 3.75. The van der Waals surface area contributed by atoms with E-state index in [2.05, 4.69) is 11.6 Å². The van der Waals surface area contributed by atoms with E-state index in [0.717, 1.165) is 11.3 Å². The molecule has 1 aromatic rings. The number of rotatable bonds is 2. The third kappa shape index (κ3) is 2.23. The third-order valence-corrected chi connectivity index (χ3v) is 1.50. The van der Waals surface area contributed by atoms with Gasteiger partial charge in [0.1, 0.15) is 5.82 Å². The van der Waals surface area contributed by atoms with Crippen molar-refractivity contribution in [1.29, 1.82) is 0 Å². The molecule has 0 spiro atoms. The standard InChI is InChI=1S/C10H12N2/c1-8(12-9(2)11)10-6-4-3-5-7-10/h3-7H,2,11H2,1H3. The molecule has 0 radical (unpaired) electrons. The summed E-state index contributed by atoms with van der Waals surface area (Å²) in [4.78, 5) is 4.05. The molecule has 0 aromatic heterocycles. The van der Waals surface area contributed by atoms with Crippen LogP contribution in [0.15, 0.2) is 47.7 Å². The molecule has 1 aromatic carbocycles. The molecule has 0 saturated heterocycles. The molecule has 1 rings (SSSR count). The average Bonchev–Trinajstić information content (AvgIpc) is 2.05. The predicted molar refractivity (Wildman–Crippen MR) is 52.0 cm³/mol. The van der Waals surface area contributed by atoms with Gasteiger partial charge in [-0.25, -0.2) is 4.99 Å². The van der Waals surface area contributed by atoms with Crippen molar-refractivity contribution in [3.8, 4) is 0 Å². The molecule has 0 aliphatic heterocycles. The zero-order valence-electron chi connectivity index (χ0n) is 7.12. The summed E-state index contributed by atoms with van der Waals surface area (Å²) in [5.74, 6) is 0.344. The van der Waals surface area contributed by atoms with Gasteiger partial charge in [-0.2, -0.15) is 0 Å². The number of nitrogens with zero attached hydrogens (tertiary/aromatic N) is 1. The number of hydrogen-bond donors (Lipinski definition) is 1. The lowest BCUT2D eigenvalue weighted by atomic mass is 10.1. The van der Waals surface area contributed by atoms with Crippen molar-refractivity contribution in [2.24, 2.45) is 10.7 Å². The fourth-order valence-electron chi connectivity index (χ4n) is 0.959. The van der Waals surface area contributed by atoms with Crippen molar-refractivity contribution in [2.75, 3.05) is 0 Å². The van der Waals surface area contributed by atoms with Crippen LogP contribution in [0.5, 0.6) is 0 Å². The molecule has 0 saturated carbocycles. The van der Waals surface area contributed by atoms with E-state index in [9.17, 15) is 0 Å². The molecule has 0 fully saturated rings. The molecular formula is C10H12N2. The first-order valence-corrected chi connectivity index (χ1v) is 3.75. The maximum absolute atomic E-state index is 5.35. The van der Waals surface area contributed by atoms with E-state index in [0.29, 0.717) is 5.82 Å². The van der Waals surface area contributed by atoms with Crippen molar-refractivity contribution < 1.29 is 0 Å². The summed E-state index contributed by atoms with van der Waals surface area (Å²) in [5.41, 5.74) is 7.31. The second kappa shape index (κ2) is 3.72. The second-order valence-electron chi connectivity index (χ2n) is 2.55. The predicted octanol–water partition coefficient (Wildman–Crippen LogP) is 1.93. The van der Waals surface area contributed by atoms with Gasteiger partial charge in [0.25, 0.3) is 0 Å². The van der Waals surface area contributed by atoms with E-state index >= 15 is 0 Å². The first kappa shape index (κ1) is 8.53. The van der Waals surface area contributed by atoms with Gasteiger partial charge in [0.05, 0.1) is 0 Å². The smallest absolute Gasteiger partial charge is 0.116 e. The Morgan fingerprint density at radius 3 is 2.42 bits per heavy atom. The minimum atomic E-state index is 0.344. The molecule has 0 aliphatic rings. The lowest BCUT2D eigenvalue weighted by molar-refractivity contribution is 1.25. The van der Waals surface area contributed by atoms with Crippen molar-refractivity contribution in [2.45, 2.75) is 6.92 Å². The van der Waals surface area contributed by atoms with Crippen LogP contribution in [0.25, 0.3) is 0 Å². The van der Waals surface area contributed by atoms with Crippen LogP contribution in [0.4, 0.5) is 0 Å². The summed E-state index contributed by atoms with van der Waals surface area (Å²) in [6.07, 6.45) is 0. The quantitative estimate of drug-likeness (QED) is 0.659. The Kier molecular flexibility index (Phi) is 2.64. The Morgan fingerprint density at radius 1 is 1.33 bits per heavy atom. The Hall–Kier alpha value is -1.57. The zero-order chi connectivity index (χ0) is 8.97. The summed E-state index contributed by atoms with van der Waals surface area (Å²) in [6.45, 7) is 5.42. The Morgan fingerprint density at radius 2 is 1.92 bits per heavy atom. The van der Waals surface area contributed by atoms with Crippen molar-refractivity contribution in [1.82, 2.24) is 0 Å². The highest BCUT2D eigenvalue weighted by molar-refractivity contribution is 5.99. The molecule has 0 atom stereocenters. The van der Waals surface area contributed by atoms with E-state index in [1.54, 1.807) is 0 Å². The molecular weight excluding hydrogens is 148 g/mol. The van der Waals surface area contributed by atoms with Crippen LogP contribution < -0.4 is 5.73 Å². The van der Waals surface area contributed by atoms with Crippen LogP contribution in [0.3, 0.4) is 0 Å². The van der Waals surface area contributed by atoms with Gasteiger partial charge < -0.3 is 5.73 Å². The highest BCUT2D eigenvalue weighted by Crippen LogP contribution is 2.01. The van der Waals surface area contributed by atoms with Crippen LogP contribution in [-0.2, 0) is 0 Å². The highest BCUT2D eigenvalue weighted by atomic mass is 14.9. The van der Waals surface area contributed by atoms with Gasteiger partial charge in [-0.15, -0.1) is 0 Å². The van der Waals surface area contributed by atoms with E-state index in [4.69, 9.17) is 5.73 Å². The number of aliphatic imine (C=N–C) groups is 1. The monoisotopic (exact) mass is 160 g/mol. The normalized spacial score (nSPS) is 11.2. The van der Waals surface area contributed by atoms with Crippen LogP contribution in [0.1, 0.15) is 12.5 Å². The van der Waals surface area contributed by atoms with Crippen LogP contribution in [-0.4, -0.2) is 5.71 Å². The van der Waals surface area contributed by atoms with Gasteiger partial charge in [-0.05, 0) is 12.5 Å². The van der Waals surface area contributed by atoms with Gasteiger partial charge >= 0.3 is 0 Å². The van der Waals surface area contributed by atoms with Gasteiger partial charge in [0.2, 0.25) is 0 Å². The SMILES string of the molecule is C=C(N)N=C(C)c1ccccc1. The van der Waals surface area contributed by atoms with Gasteiger partial charge in [-0.3, -0.25) is 0 Å². The molecule has 2 nitrogen and oxygen atoms in total. The molecule has 0 aliphatic carbocycles. The number of hydrogen-bond acceptors (Lipinski definition) is 2. The molecule has 0 unspecified atom stereocenters. The topological polar surface area (TPSA) is 38.4 Å². The van der Waals surface area contributed by atoms with Crippen LogP contribution in [0, 0.1) is 0 Å². The molecule has 62 valence electrons. The summed E-state index contributed by atoms with van der Waals surface area (Å²) in [5, 5.41) is 0. The lowest BCUT2D eigenvalue weighted by Gasteiger charge is -1.98. The summed E-state index contributed by atoms with van der Waals surface area (Å²) in [7, 11) is 0. The fourth-order valence-corrected chi connectivity index (χ4v) is 0.959.